The Morgan fingerprint density at radius 1 is 1.09 bits per heavy atom. The van der Waals surface area contributed by atoms with Gasteiger partial charge >= 0.3 is 0 Å². The molecule has 1 aromatic carbocycles. The van der Waals surface area contributed by atoms with Crippen LogP contribution in [-0.4, -0.2) is 35.2 Å². The van der Waals surface area contributed by atoms with Gasteiger partial charge in [0, 0.05) is 24.0 Å². The van der Waals surface area contributed by atoms with Crippen molar-refractivity contribution in [3.05, 3.63) is 81.7 Å². The maximum Gasteiger partial charge on any atom is 0.276 e. The Morgan fingerprint density at radius 2 is 1.85 bits per heavy atom. The smallest absolute Gasteiger partial charge is 0.276 e. The van der Waals surface area contributed by atoms with Gasteiger partial charge in [-0.2, -0.15) is 15.3 Å². The van der Waals surface area contributed by atoms with Gasteiger partial charge in [0.15, 0.2) is 23.1 Å². The molecule has 1 amide bonds. The number of anilines is 1. The molecule has 8 nitrogen and oxygen atoms in total. The summed E-state index contributed by atoms with van der Waals surface area (Å²) in [6.45, 7) is 3.33. The predicted molar refractivity (Wildman–Crippen MR) is 110 cm³/mol. The third-order valence-corrected chi connectivity index (χ3v) is 5.41. The van der Waals surface area contributed by atoms with Gasteiger partial charge in [-0.1, -0.05) is 11.6 Å². The van der Waals surface area contributed by atoms with Gasteiger partial charge in [-0.25, -0.2) is 22.2 Å². The molecular weight excluding hydrogens is 466 g/mol. The molecular formula is C20H16ClF4N7O. The second-order valence-corrected chi connectivity index (χ2v) is 7.57. The molecule has 0 unspecified atom stereocenters. The van der Waals surface area contributed by atoms with E-state index in [1.807, 2.05) is 6.92 Å². The molecule has 3 aromatic heterocycles. The molecule has 1 N–H and O–H groups in total. The number of halogens is 5. The highest BCUT2D eigenvalue weighted by atomic mass is 35.5. The van der Waals surface area contributed by atoms with Crippen LogP contribution in [0, 0.1) is 37.1 Å². The molecule has 3 heterocycles. The number of rotatable bonds is 6. The molecule has 0 saturated carbocycles. The van der Waals surface area contributed by atoms with Crippen LogP contribution in [0.2, 0.25) is 5.02 Å². The number of nitrogens with one attached hydrogen (secondary N) is 1. The van der Waals surface area contributed by atoms with Gasteiger partial charge in [0.1, 0.15) is 12.5 Å². The number of carbonyl (C=O) groups is 1. The molecule has 0 spiro atoms. The van der Waals surface area contributed by atoms with E-state index in [0.717, 1.165) is 10.4 Å². The van der Waals surface area contributed by atoms with Crippen molar-refractivity contribution in [1.29, 1.82) is 0 Å². The van der Waals surface area contributed by atoms with Gasteiger partial charge in [-0.05, 0) is 19.9 Å². The normalized spacial score (nSPS) is 11.2. The first-order valence-electron chi connectivity index (χ1n) is 9.52. The van der Waals surface area contributed by atoms with E-state index in [1.54, 1.807) is 17.8 Å². The second-order valence-electron chi connectivity index (χ2n) is 7.19. The Kier molecular flexibility index (Phi) is 5.93. The van der Waals surface area contributed by atoms with Gasteiger partial charge in [-0.15, -0.1) is 0 Å². The Hall–Kier alpha value is -3.67. The van der Waals surface area contributed by atoms with Crippen LogP contribution in [0.25, 0.3) is 0 Å². The highest BCUT2D eigenvalue weighted by molar-refractivity contribution is 6.31. The van der Waals surface area contributed by atoms with Crippen LogP contribution in [0.5, 0.6) is 0 Å². The molecule has 0 atom stereocenters. The Morgan fingerprint density at radius 3 is 2.55 bits per heavy atom. The van der Waals surface area contributed by atoms with Crippen LogP contribution in [0.4, 0.5) is 23.2 Å². The third-order valence-electron chi connectivity index (χ3n) is 4.87. The molecule has 4 rings (SSSR count). The standard InChI is InChI=1S/C20H16ClF4N7O/c1-10-17(21)11(2)32(28-10)9-30-4-3-16(29-30)20(33)27-12-6-26-31(7-12)8-13-14(22)5-15(23)19(25)18(13)24/h3-7H,8-9H2,1-2H3,(H,27,33). The third kappa shape index (κ3) is 4.46. The van der Waals surface area contributed by atoms with Crippen molar-refractivity contribution in [2.45, 2.75) is 27.1 Å². The Bertz CT molecular complexity index is 1360. The van der Waals surface area contributed by atoms with Crippen LogP contribution in [-0.2, 0) is 13.2 Å². The summed E-state index contributed by atoms with van der Waals surface area (Å²) in [5, 5.41) is 15.5. The zero-order valence-corrected chi connectivity index (χ0v) is 18.0. The summed E-state index contributed by atoms with van der Waals surface area (Å²) >= 11 is 6.13. The van der Waals surface area contributed by atoms with Crippen molar-refractivity contribution >= 4 is 23.2 Å². The molecule has 13 heteroatoms. The summed E-state index contributed by atoms with van der Waals surface area (Å²) < 4.78 is 58.4. The van der Waals surface area contributed by atoms with E-state index in [2.05, 4.69) is 20.6 Å². The lowest BCUT2D eigenvalue weighted by atomic mass is 10.2. The summed E-state index contributed by atoms with van der Waals surface area (Å²) in [7, 11) is 0. The number of benzene rings is 1. The molecule has 0 fully saturated rings. The highest BCUT2D eigenvalue weighted by Crippen LogP contribution is 2.21. The van der Waals surface area contributed by atoms with Crippen molar-refractivity contribution in [2.24, 2.45) is 0 Å². The maximum atomic E-state index is 13.9. The first-order valence-corrected chi connectivity index (χ1v) is 9.90. The molecule has 33 heavy (non-hydrogen) atoms. The summed E-state index contributed by atoms with van der Waals surface area (Å²) in [5.41, 5.74) is 1.06. The lowest BCUT2D eigenvalue weighted by Gasteiger charge is -2.07. The average Bonchev–Trinajstić information content (AvgIpc) is 3.48. The van der Waals surface area contributed by atoms with Crippen LogP contribution in [0.1, 0.15) is 27.4 Å². The number of aryl methyl sites for hydroxylation is 1. The molecule has 0 saturated heterocycles. The van der Waals surface area contributed by atoms with Gasteiger partial charge < -0.3 is 5.32 Å². The van der Waals surface area contributed by atoms with E-state index in [1.165, 1.54) is 23.1 Å². The molecule has 0 aliphatic rings. The quantitative estimate of drug-likeness (QED) is 0.257. The SMILES string of the molecule is Cc1nn(Cn2ccc(C(=O)Nc3cnn(Cc4c(F)cc(F)c(F)c4F)c3)n2)c(C)c1Cl. The number of amides is 1. The monoisotopic (exact) mass is 481 g/mol. The average molecular weight is 482 g/mol. The zero-order valence-electron chi connectivity index (χ0n) is 17.3. The number of hydrogen-bond donors (Lipinski definition) is 1. The highest BCUT2D eigenvalue weighted by Gasteiger charge is 2.20. The minimum Gasteiger partial charge on any atom is -0.318 e. The number of aromatic nitrogens is 6. The molecule has 0 aliphatic heterocycles. The maximum absolute atomic E-state index is 13.9. The van der Waals surface area contributed by atoms with E-state index < -0.39 is 41.3 Å². The van der Waals surface area contributed by atoms with Crippen molar-refractivity contribution in [3.8, 4) is 0 Å². The van der Waals surface area contributed by atoms with Crippen molar-refractivity contribution in [1.82, 2.24) is 29.3 Å². The van der Waals surface area contributed by atoms with E-state index >= 15 is 0 Å². The van der Waals surface area contributed by atoms with Gasteiger partial charge in [0.2, 0.25) is 0 Å². The summed E-state index contributed by atoms with van der Waals surface area (Å²) in [4.78, 5) is 12.5. The minimum atomic E-state index is -1.77. The zero-order chi connectivity index (χ0) is 23.9. The Labute approximate surface area is 189 Å². The minimum absolute atomic E-state index is 0.105. The fourth-order valence-corrected chi connectivity index (χ4v) is 3.27. The predicted octanol–water partition coefficient (Wildman–Crippen LogP) is 3.91. The fourth-order valence-electron chi connectivity index (χ4n) is 3.13. The van der Waals surface area contributed by atoms with Crippen LogP contribution < -0.4 is 5.32 Å². The number of hydrogen-bond acceptors (Lipinski definition) is 4. The second kappa shape index (κ2) is 8.70. The summed E-state index contributed by atoms with van der Waals surface area (Å²) in [5.74, 6) is -6.83. The van der Waals surface area contributed by atoms with Crippen LogP contribution in [0.3, 0.4) is 0 Å². The van der Waals surface area contributed by atoms with E-state index in [4.69, 9.17) is 11.6 Å². The van der Waals surface area contributed by atoms with E-state index in [9.17, 15) is 22.4 Å². The van der Waals surface area contributed by atoms with Gasteiger partial charge in [-0.3, -0.25) is 14.2 Å². The lowest BCUT2D eigenvalue weighted by Crippen LogP contribution is -2.15. The van der Waals surface area contributed by atoms with Gasteiger partial charge in [0.25, 0.3) is 5.91 Å². The number of nitrogens with zero attached hydrogens (tertiary/aromatic N) is 6. The summed E-state index contributed by atoms with van der Waals surface area (Å²) in [6, 6.07) is 1.76. The van der Waals surface area contributed by atoms with E-state index in [-0.39, 0.29) is 24.1 Å². The summed E-state index contributed by atoms with van der Waals surface area (Å²) in [6.07, 6.45) is 4.12. The topological polar surface area (TPSA) is 82.6 Å². The van der Waals surface area contributed by atoms with Crippen LogP contribution in [0.15, 0.2) is 30.7 Å². The molecule has 0 radical (unpaired) electrons. The fraction of sp³-hybridized carbons (Fsp3) is 0.200. The van der Waals surface area contributed by atoms with Crippen molar-refractivity contribution < 1.29 is 22.4 Å². The molecule has 172 valence electrons. The van der Waals surface area contributed by atoms with Crippen molar-refractivity contribution in [3.63, 3.8) is 0 Å². The van der Waals surface area contributed by atoms with E-state index in [0.29, 0.717) is 10.7 Å². The largest absolute Gasteiger partial charge is 0.318 e. The Balaban J connectivity index is 1.43. The molecule has 0 aliphatic carbocycles. The first-order chi connectivity index (χ1) is 15.6. The molecule has 0 bridgehead atoms. The van der Waals surface area contributed by atoms with Gasteiger partial charge in [0.05, 0.1) is 34.8 Å². The first kappa shape index (κ1) is 22.5. The number of carbonyl (C=O) groups excluding carboxylic acids is 1. The van der Waals surface area contributed by atoms with Crippen LogP contribution >= 0.6 is 11.6 Å². The lowest BCUT2D eigenvalue weighted by molar-refractivity contribution is 0.102. The van der Waals surface area contributed by atoms with Crippen molar-refractivity contribution in [2.75, 3.05) is 5.32 Å². The molecule has 4 aromatic rings.